The van der Waals surface area contributed by atoms with Crippen LogP contribution in [0.15, 0.2) is 53.3 Å². The van der Waals surface area contributed by atoms with Crippen LogP contribution in [-0.2, 0) is 0 Å². The number of nitrogens with zero attached hydrogens (tertiary/aromatic N) is 3. The Morgan fingerprint density at radius 2 is 2.08 bits per heavy atom. The van der Waals surface area contributed by atoms with Crippen LogP contribution in [-0.4, -0.2) is 23.6 Å². The molecular weight excluding hydrogens is 392 g/mol. The Bertz CT molecular complexity index is 1000. The molecule has 3 heterocycles. The first kappa shape index (κ1) is 16.8. The Labute approximate surface area is 160 Å². The second-order valence-corrected chi connectivity index (χ2v) is 7.09. The monoisotopic (exact) mass is 410 g/mol. The lowest BCUT2D eigenvalue weighted by atomic mass is 10.0. The average Bonchev–Trinajstić information content (AvgIpc) is 2.69. The van der Waals surface area contributed by atoms with Crippen LogP contribution in [0, 0.1) is 0 Å². The molecule has 0 aliphatic carbocycles. The van der Waals surface area contributed by atoms with E-state index in [0.717, 1.165) is 51.6 Å². The summed E-state index contributed by atoms with van der Waals surface area (Å²) in [4.78, 5) is 11.1. The van der Waals surface area contributed by atoms with Crippen LogP contribution in [0.3, 0.4) is 0 Å². The van der Waals surface area contributed by atoms with Crippen LogP contribution < -0.4 is 15.4 Å². The highest BCUT2D eigenvalue weighted by molar-refractivity contribution is 9.10. The number of anilines is 2. The van der Waals surface area contributed by atoms with Gasteiger partial charge in [0.1, 0.15) is 11.5 Å². The Morgan fingerprint density at radius 3 is 2.85 bits per heavy atom. The van der Waals surface area contributed by atoms with Gasteiger partial charge in [0.15, 0.2) is 0 Å². The predicted molar refractivity (Wildman–Crippen MR) is 109 cm³/mol. The topological polar surface area (TPSA) is 64.3 Å². The standard InChI is InChI=1S/C20H19BrN4O/c1-26-20-18(25-7-3-2-4-8-25)11-15(12-23-20)13-5-6-17-14(9-13)10-16(21)19(22)24-17/h3,5-7,9-12H,2,4,8H2,1H3,(H2,22,24). The summed E-state index contributed by atoms with van der Waals surface area (Å²) in [5, 5.41) is 1.03. The maximum absolute atomic E-state index is 5.88. The largest absolute Gasteiger partial charge is 0.480 e. The third kappa shape index (κ3) is 3.12. The molecule has 2 N–H and O–H groups in total. The fraction of sp³-hybridized carbons (Fsp3) is 0.200. The van der Waals surface area contributed by atoms with E-state index in [9.17, 15) is 0 Å². The van der Waals surface area contributed by atoms with E-state index in [0.29, 0.717) is 11.7 Å². The molecule has 0 fully saturated rings. The first-order valence-corrected chi connectivity index (χ1v) is 9.28. The Hall–Kier alpha value is -2.60. The lowest BCUT2D eigenvalue weighted by molar-refractivity contribution is 0.398. The summed E-state index contributed by atoms with van der Waals surface area (Å²) in [6.07, 6.45) is 8.37. The second-order valence-electron chi connectivity index (χ2n) is 6.24. The van der Waals surface area contributed by atoms with Gasteiger partial charge in [0, 0.05) is 29.9 Å². The van der Waals surface area contributed by atoms with Gasteiger partial charge in [-0.1, -0.05) is 12.1 Å². The number of hydrogen-bond acceptors (Lipinski definition) is 5. The van der Waals surface area contributed by atoms with Crippen molar-refractivity contribution in [3.05, 3.63) is 53.3 Å². The number of nitrogen functional groups attached to an aromatic ring is 1. The summed E-state index contributed by atoms with van der Waals surface area (Å²) in [5.74, 6) is 1.13. The molecular formula is C20H19BrN4O. The molecule has 4 rings (SSSR count). The van der Waals surface area contributed by atoms with E-state index in [1.165, 1.54) is 0 Å². The van der Waals surface area contributed by atoms with Crippen molar-refractivity contribution in [3.63, 3.8) is 0 Å². The summed E-state index contributed by atoms with van der Waals surface area (Å²) >= 11 is 3.45. The van der Waals surface area contributed by atoms with E-state index in [1.807, 2.05) is 24.4 Å². The van der Waals surface area contributed by atoms with Gasteiger partial charge >= 0.3 is 0 Å². The van der Waals surface area contributed by atoms with Gasteiger partial charge in [-0.25, -0.2) is 9.97 Å². The van der Waals surface area contributed by atoms with E-state index in [1.54, 1.807) is 7.11 Å². The molecule has 1 aromatic carbocycles. The van der Waals surface area contributed by atoms with Crippen molar-refractivity contribution in [2.24, 2.45) is 0 Å². The van der Waals surface area contributed by atoms with Crippen molar-refractivity contribution in [2.75, 3.05) is 24.3 Å². The molecule has 0 saturated carbocycles. The molecule has 0 unspecified atom stereocenters. The first-order valence-electron chi connectivity index (χ1n) is 8.49. The van der Waals surface area contributed by atoms with E-state index in [-0.39, 0.29) is 0 Å². The molecule has 0 saturated heterocycles. The van der Waals surface area contributed by atoms with Crippen LogP contribution in [0.5, 0.6) is 5.88 Å². The molecule has 0 radical (unpaired) electrons. The number of halogens is 1. The van der Waals surface area contributed by atoms with E-state index in [2.05, 4.69) is 55.2 Å². The fourth-order valence-electron chi connectivity index (χ4n) is 3.16. The maximum atomic E-state index is 5.88. The van der Waals surface area contributed by atoms with Crippen molar-refractivity contribution in [2.45, 2.75) is 12.8 Å². The number of pyridine rings is 2. The predicted octanol–water partition coefficient (Wildman–Crippen LogP) is 4.76. The molecule has 1 aliphatic heterocycles. The summed E-state index contributed by atoms with van der Waals surface area (Å²) < 4.78 is 6.27. The van der Waals surface area contributed by atoms with Crippen LogP contribution >= 0.6 is 15.9 Å². The van der Waals surface area contributed by atoms with Gasteiger partial charge in [-0.3, -0.25) is 0 Å². The number of hydrogen-bond donors (Lipinski definition) is 1. The van der Waals surface area contributed by atoms with Gasteiger partial charge in [0.2, 0.25) is 5.88 Å². The van der Waals surface area contributed by atoms with E-state index >= 15 is 0 Å². The molecule has 3 aromatic rings. The minimum absolute atomic E-state index is 0.496. The molecule has 0 amide bonds. The van der Waals surface area contributed by atoms with Crippen molar-refractivity contribution in [1.82, 2.24) is 9.97 Å². The van der Waals surface area contributed by atoms with Gasteiger partial charge < -0.3 is 15.4 Å². The second kappa shape index (κ2) is 6.96. The number of rotatable bonds is 3. The highest BCUT2D eigenvalue weighted by atomic mass is 79.9. The zero-order chi connectivity index (χ0) is 18.1. The number of benzene rings is 1. The minimum Gasteiger partial charge on any atom is -0.480 e. The molecule has 132 valence electrons. The molecule has 0 spiro atoms. The molecule has 0 bridgehead atoms. The average molecular weight is 411 g/mol. The third-order valence-electron chi connectivity index (χ3n) is 4.52. The van der Waals surface area contributed by atoms with Crippen LogP contribution in [0.1, 0.15) is 12.8 Å². The summed E-state index contributed by atoms with van der Waals surface area (Å²) in [7, 11) is 1.66. The van der Waals surface area contributed by atoms with Crippen molar-refractivity contribution >= 4 is 38.3 Å². The number of nitrogens with two attached hydrogens (primary N) is 1. The normalized spacial score (nSPS) is 14.0. The fourth-order valence-corrected chi connectivity index (χ4v) is 3.50. The molecule has 26 heavy (non-hydrogen) atoms. The molecule has 6 heteroatoms. The van der Waals surface area contributed by atoms with E-state index < -0.39 is 0 Å². The zero-order valence-electron chi connectivity index (χ0n) is 14.4. The zero-order valence-corrected chi connectivity index (χ0v) is 16.0. The van der Waals surface area contributed by atoms with Gasteiger partial charge in [0.25, 0.3) is 0 Å². The minimum atomic E-state index is 0.496. The van der Waals surface area contributed by atoms with Crippen LogP contribution in [0.4, 0.5) is 11.5 Å². The lowest BCUT2D eigenvalue weighted by Crippen LogP contribution is -2.21. The Balaban J connectivity index is 1.80. The highest BCUT2D eigenvalue weighted by Crippen LogP contribution is 2.34. The van der Waals surface area contributed by atoms with Crippen molar-refractivity contribution < 1.29 is 4.74 Å². The first-order chi connectivity index (χ1) is 12.7. The Morgan fingerprint density at radius 1 is 1.19 bits per heavy atom. The van der Waals surface area contributed by atoms with E-state index in [4.69, 9.17) is 10.5 Å². The number of allylic oxidation sites excluding steroid dienone is 1. The highest BCUT2D eigenvalue weighted by Gasteiger charge is 2.15. The van der Waals surface area contributed by atoms with Gasteiger partial charge in [-0.2, -0.15) is 0 Å². The molecule has 5 nitrogen and oxygen atoms in total. The molecule has 2 aromatic heterocycles. The van der Waals surface area contributed by atoms with Crippen molar-refractivity contribution in [1.29, 1.82) is 0 Å². The van der Waals surface area contributed by atoms with Crippen LogP contribution in [0.2, 0.25) is 0 Å². The lowest BCUT2D eigenvalue weighted by Gasteiger charge is -2.25. The summed E-state index contributed by atoms with van der Waals surface area (Å²) in [5.41, 5.74) is 9.84. The Kier molecular flexibility index (Phi) is 4.51. The summed E-state index contributed by atoms with van der Waals surface area (Å²) in [6.45, 7) is 0.964. The number of ether oxygens (including phenoxy) is 1. The quantitative estimate of drug-likeness (QED) is 0.673. The third-order valence-corrected chi connectivity index (χ3v) is 5.15. The molecule has 0 atom stereocenters. The molecule has 1 aliphatic rings. The number of methoxy groups -OCH3 is 1. The number of fused-ring (bicyclic) bond motifs is 1. The smallest absolute Gasteiger partial charge is 0.237 e. The maximum Gasteiger partial charge on any atom is 0.237 e. The SMILES string of the molecule is COc1ncc(-c2ccc3nc(N)c(Br)cc3c2)cc1N1C=CCCC1. The van der Waals surface area contributed by atoms with Gasteiger partial charge in [-0.05, 0) is 58.6 Å². The summed E-state index contributed by atoms with van der Waals surface area (Å²) in [6, 6.07) is 10.3. The number of aromatic nitrogens is 2. The van der Waals surface area contributed by atoms with Crippen LogP contribution in [0.25, 0.3) is 22.0 Å². The van der Waals surface area contributed by atoms with Crippen molar-refractivity contribution in [3.8, 4) is 17.0 Å². The van der Waals surface area contributed by atoms with Gasteiger partial charge in [-0.15, -0.1) is 0 Å². The van der Waals surface area contributed by atoms with Gasteiger partial charge in [0.05, 0.1) is 17.1 Å².